The van der Waals surface area contributed by atoms with Gasteiger partial charge in [-0.15, -0.1) is 0 Å². The first-order valence-corrected chi connectivity index (χ1v) is 41.0. The Morgan fingerprint density at radius 2 is 0.500 bits per heavy atom. The van der Waals surface area contributed by atoms with Gasteiger partial charge < -0.3 is 33.8 Å². The largest absolute Gasteiger partial charge is 0.472 e. The van der Waals surface area contributed by atoms with Crippen LogP contribution in [0, 0.1) is 11.8 Å². The van der Waals surface area contributed by atoms with Crippen LogP contribution in [0.5, 0.6) is 0 Å². The highest BCUT2D eigenvalue weighted by molar-refractivity contribution is 7.47. The minimum absolute atomic E-state index is 0.103. The first-order valence-electron chi connectivity index (χ1n) is 38.0. The molecule has 19 heteroatoms. The Labute approximate surface area is 562 Å². The molecule has 3 N–H and O–H groups in total. The van der Waals surface area contributed by atoms with Crippen LogP contribution in [0.1, 0.15) is 375 Å². The maximum Gasteiger partial charge on any atom is 0.472 e. The fraction of sp³-hybridized carbons (Fsp3) is 0.945. The summed E-state index contributed by atoms with van der Waals surface area (Å²) in [5, 5.41) is 10.6. The number of hydrogen-bond donors (Lipinski definition) is 3. The zero-order valence-electron chi connectivity index (χ0n) is 59.9. The second-order valence-electron chi connectivity index (χ2n) is 27.3. The maximum absolute atomic E-state index is 13.0. The lowest BCUT2D eigenvalue weighted by Crippen LogP contribution is -2.30. The molecule has 0 bridgehead atoms. The third-order valence-corrected chi connectivity index (χ3v) is 18.9. The molecule has 546 valence electrons. The van der Waals surface area contributed by atoms with Crippen molar-refractivity contribution in [2.75, 3.05) is 39.6 Å². The molecule has 0 saturated carbocycles. The van der Waals surface area contributed by atoms with Crippen LogP contribution in [0.2, 0.25) is 0 Å². The summed E-state index contributed by atoms with van der Waals surface area (Å²) in [7, 11) is -9.90. The van der Waals surface area contributed by atoms with E-state index in [1.165, 1.54) is 186 Å². The van der Waals surface area contributed by atoms with Crippen molar-refractivity contribution < 1.29 is 80.2 Å². The summed E-state index contributed by atoms with van der Waals surface area (Å²) in [6.07, 6.45) is 51.8. The van der Waals surface area contributed by atoms with Crippen LogP contribution in [0.4, 0.5) is 0 Å². The fourth-order valence-electron chi connectivity index (χ4n) is 11.1. The Bertz CT molecular complexity index is 1790. The van der Waals surface area contributed by atoms with Crippen LogP contribution in [0.25, 0.3) is 0 Å². The second kappa shape index (κ2) is 65.0. The van der Waals surface area contributed by atoms with Crippen LogP contribution in [-0.4, -0.2) is 96.7 Å². The number of hydrogen-bond acceptors (Lipinski definition) is 15. The van der Waals surface area contributed by atoms with Crippen molar-refractivity contribution in [3.8, 4) is 0 Å². The van der Waals surface area contributed by atoms with E-state index in [2.05, 4.69) is 41.5 Å². The molecule has 0 heterocycles. The molecule has 0 amide bonds. The molecular weight excluding hydrogens is 1210 g/mol. The first kappa shape index (κ1) is 90.1. The highest BCUT2D eigenvalue weighted by Gasteiger charge is 2.30. The Balaban J connectivity index is 5.13. The zero-order valence-corrected chi connectivity index (χ0v) is 61.6. The van der Waals surface area contributed by atoms with Gasteiger partial charge in [0, 0.05) is 25.7 Å². The SMILES string of the molecule is CCCCCCCCCCCCCCCCCCCCCCCCC(=O)O[C@H](COC(=O)CCCCCCCCCCCCC)COP(=O)(O)OC[C@@H](O)COP(=O)(O)OC[C@@H](COC(=O)CCCCCCCCC(C)C)OC(=O)CCCCCCCCCC(C)C. The molecule has 0 aromatic carbocycles. The summed E-state index contributed by atoms with van der Waals surface area (Å²) >= 11 is 0. The van der Waals surface area contributed by atoms with E-state index < -0.39 is 97.5 Å². The van der Waals surface area contributed by atoms with Gasteiger partial charge in [0.05, 0.1) is 26.4 Å². The third kappa shape index (κ3) is 66.7. The molecule has 2 unspecified atom stereocenters. The fourth-order valence-corrected chi connectivity index (χ4v) is 12.7. The number of aliphatic hydroxyl groups is 1. The first-order chi connectivity index (χ1) is 44.4. The average Bonchev–Trinajstić information content (AvgIpc) is 2.92. The lowest BCUT2D eigenvalue weighted by molar-refractivity contribution is -0.161. The number of esters is 4. The summed E-state index contributed by atoms with van der Waals surface area (Å²) in [5.41, 5.74) is 0. The van der Waals surface area contributed by atoms with Gasteiger partial charge in [-0.05, 0) is 37.5 Å². The highest BCUT2D eigenvalue weighted by atomic mass is 31.2. The van der Waals surface area contributed by atoms with Crippen LogP contribution >= 0.6 is 15.6 Å². The van der Waals surface area contributed by atoms with E-state index in [1.807, 2.05) is 0 Å². The molecule has 0 rings (SSSR count). The summed E-state index contributed by atoms with van der Waals surface area (Å²) in [6.45, 7) is 9.41. The van der Waals surface area contributed by atoms with Gasteiger partial charge in [0.15, 0.2) is 12.2 Å². The number of carbonyl (C=O) groups is 4. The maximum atomic E-state index is 13.0. The van der Waals surface area contributed by atoms with E-state index >= 15 is 0 Å². The van der Waals surface area contributed by atoms with E-state index in [0.717, 1.165) is 96.3 Å². The summed E-state index contributed by atoms with van der Waals surface area (Å²) in [4.78, 5) is 72.5. The predicted molar refractivity (Wildman–Crippen MR) is 372 cm³/mol. The molecule has 0 aliphatic carbocycles. The Morgan fingerprint density at radius 3 is 0.739 bits per heavy atom. The van der Waals surface area contributed by atoms with Gasteiger partial charge in [-0.3, -0.25) is 37.3 Å². The van der Waals surface area contributed by atoms with Crippen molar-refractivity contribution in [1.29, 1.82) is 0 Å². The molecule has 0 spiro atoms. The molecule has 0 aromatic rings. The number of aliphatic hydroxyl groups excluding tert-OH is 1. The highest BCUT2D eigenvalue weighted by Crippen LogP contribution is 2.45. The number of phosphoric acid groups is 2. The van der Waals surface area contributed by atoms with Gasteiger partial charge in [-0.1, -0.05) is 324 Å². The van der Waals surface area contributed by atoms with E-state index in [1.54, 1.807) is 0 Å². The number of carbonyl (C=O) groups excluding carboxylic acids is 4. The number of phosphoric ester groups is 2. The van der Waals surface area contributed by atoms with E-state index in [4.69, 9.17) is 37.0 Å². The summed E-state index contributed by atoms with van der Waals surface area (Å²) < 4.78 is 68.3. The van der Waals surface area contributed by atoms with Crippen LogP contribution in [0.15, 0.2) is 0 Å². The second-order valence-corrected chi connectivity index (χ2v) is 30.2. The predicted octanol–water partition coefficient (Wildman–Crippen LogP) is 21.2. The van der Waals surface area contributed by atoms with Gasteiger partial charge in [0.2, 0.25) is 0 Å². The Morgan fingerprint density at radius 1 is 0.293 bits per heavy atom. The molecule has 5 atom stereocenters. The standard InChI is InChI=1S/C73H142O17P2/c1-7-9-11-13-15-17-19-20-21-22-23-24-25-26-27-28-29-31-33-37-45-51-57-72(77)89-68(61-83-70(75)55-49-43-36-32-30-18-16-14-12-10-8-2)63-87-91(79,80)85-59-67(74)60-86-92(81,82)88-64-69(62-84-71(76)56-50-44-40-39-42-48-54-66(5)6)90-73(78)58-52-46-38-34-35-41-47-53-65(3)4/h65-69,74H,7-64H2,1-6H3,(H,79,80)(H,81,82)/t67-,68-,69-/m1/s1. The number of rotatable bonds is 72. The summed E-state index contributed by atoms with van der Waals surface area (Å²) in [6, 6.07) is 0. The number of ether oxygens (including phenoxy) is 4. The molecule has 0 fully saturated rings. The van der Waals surface area contributed by atoms with Crippen LogP contribution in [0.3, 0.4) is 0 Å². The Kier molecular flexibility index (Phi) is 63.7. The molecule has 0 aromatic heterocycles. The molecule has 92 heavy (non-hydrogen) atoms. The Hall–Kier alpha value is -1.94. The van der Waals surface area contributed by atoms with Gasteiger partial charge >= 0.3 is 39.5 Å². The van der Waals surface area contributed by atoms with Crippen molar-refractivity contribution >= 4 is 39.5 Å². The van der Waals surface area contributed by atoms with Gasteiger partial charge in [0.25, 0.3) is 0 Å². The smallest absolute Gasteiger partial charge is 0.462 e. The molecular formula is C73H142O17P2. The third-order valence-electron chi connectivity index (χ3n) is 17.0. The lowest BCUT2D eigenvalue weighted by Gasteiger charge is -2.21. The lowest BCUT2D eigenvalue weighted by atomic mass is 10.0. The minimum atomic E-state index is -4.95. The average molecular weight is 1350 g/mol. The van der Waals surface area contributed by atoms with E-state index in [9.17, 15) is 43.2 Å². The van der Waals surface area contributed by atoms with Crippen molar-refractivity contribution in [3.05, 3.63) is 0 Å². The van der Waals surface area contributed by atoms with Gasteiger partial charge in [-0.2, -0.15) is 0 Å². The minimum Gasteiger partial charge on any atom is -0.462 e. The molecule has 0 aliphatic heterocycles. The van der Waals surface area contributed by atoms with Crippen molar-refractivity contribution in [3.63, 3.8) is 0 Å². The topological polar surface area (TPSA) is 237 Å². The molecule has 17 nitrogen and oxygen atoms in total. The monoisotopic (exact) mass is 1350 g/mol. The molecule has 0 saturated heterocycles. The van der Waals surface area contributed by atoms with Crippen molar-refractivity contribution in [2.45, 2.75) is 394 Å². The van der Waals surface area contributed by atoms with Gasteiger partial charge in [-0.25, -0.2) is 9.13 Å². The molecule has 0 aliphatic rings. The normalized spacial score (nSPS) is 14.1. The van der Waals surface area contributed by atoms with E-state index in [0.29, 0.717) is 37.5 Å². The van der Waals surface area contributed by atoms with Crippen LogP contribution < -0.4 is 0 Å². The van der Waals surface area contributed by atoms with Gasteiger partial charge in [0.1, 0.15) is 19.3 Å². The van der Waals surface area contributed by atoms with Crippen molar-refractivity contribution in [1.82, 2.24) is 0 Å². The quantitative estimate of drug-likeness (QED) is 0.0222. The zero-order chi connectivity index (χ0) is 67.9. The van der Waals surface area contributed by atoms with E-state index in [-0.39, 0.29) is 25.7 Å². The molecule has 0 radical (unpaired) electrons. The van der Waals surface area contributed by atoms with Crippen molar-refractivity contribution in [2.24, 2.45) is 11.8 Å². The summed E-state index contributed by atoms with van der Waals surface area (Å²) in [5.74, 6) is -0.752. The van der Waals surface area contributed by atoms with Crippen LogP contribution in [-0.2, 0) is 65.4 Å². The number of unbranched alkanes of at least 4 members (excludes halogenated alkanes) is 42.